The largest absolute Gasteiger partial charge is 0.336 e. The van der Waals surface area contributed by atoms with E-state index in [0.717, 1.165) is 16.8 Å². The Morgan fingerprint density at radius 3 is 2.56 bits per heavy atom. The van der Waals surface area contributed by atoms with Gasteiger partial charge < -0.3 is 5.32 Å². The molecule has 6 nitrogen and oxygen atoms in total. The van der Waals surface area contributed by atoms with Gasteiger partial charge in [0.1, 0.15) is 0 Å². The number of nitrogens with one attached hydrogen (secondary N) is 2. The molecule has 3 rings (SSSR count). The van der Waals surface area contributed by atoms with Crippen LogP contribution in [0.25, 0.3) is 0 Å². The van der Waals surface area contributed by atoms with Gasteiger partial charge in [-0.3, -0.25) is 4.90 Å². The average Bonchev–Trinajstić information content (AvgIpc) is 3.07. The second-order valence-electron chi connectivity index (χ2n) is 6.33. The van der Waals surface area contributed by atoms with Gasteiger partial charge in [-0.2, -0.15) is 4.72 Å². The summed E-state index contributed by atoms with van der Waals surface area (Å²) in [4.78, 5) is 13.6. The quantitative estimate of drug-likeness (QED) is 0.794. The number of urea groups is 1. The lowest BCUT2D eigenvalue weighted by Crippen LogP contribution is -2.27. The number of anilines is 1. The van der Waals surface area contributed by atoms with Crippen LogP contribution in [0.4, 0.5) is 10.5 Å². The molecule has 27 heavy (non-hydrogen) atoms. The van der Waals surface area contributed by atoms with E-state index in [9.17, 15) is 13.2 Å². The number of rotatable bonds is 4. The normalized spacial score (nSPS) is 13.9. The third-order valence-corrected chi connectivity index (χ3v) is 5.80. The van der Waals surface area contributed by atoms with Crippen molar-refractivity contribution in [1.29, 1.82) is 0 Å². The van der Waals surface area contributed by atoms with E-state index >= 15 is 0 Å². The molecule has 2 aromatic rings. The molecule has 2 N–H and O–H groups in total. The van der Waals surface area contributed by atoms with Crippen molar-refractivity contribution in [2.24, 2.45) is 0 Å². The first kappa shape index (κ1) is 19.0. The monoisotopic (exact) mass is 383 g/mol. The van der Waals surface area contributed by atoms with Crippen LogP contribution in [-0.2, 0) is 10.0 Å². The van der Waals surface area contributed by atoms with Crippen LogP contribution in [0.5, 0.6) is 0 Å². The number of aryl methyl sites for hydroxylation is 2. The maximum absolute atomic E-state index is 12.4. The zero-order chi connectivity index (χ0) is 19.4. The molecule has 1 aliphatic heterocycles. The molecule has 0 unspecified atom stereocenters. The molecule has 2 amide bonds. The minimum Gasteiger partial charge on any atom is -0.336 e. The minimum absolute atomic E-state index is 0.0198. The standard InChI is InChI=1S/C20H21N3O3S/c1-15-5-6-16(2)19(14-15)27(25,26)22-11-3-4-17-7-9-18(10-8-17)23-13-12-21-20(23)24/h5-10,14,22H,11-13H2,1-2H3,(H,21,24). The summed E-state index contributed by atoms with van der Waals surface area (Å²) in [6.07, 6.45) is 0. The molecule has 1 saturated heterocycles. The highest BCUT2D eigenvalue weighted by atomic mass is 32.2. The molecule has 1 heterocycles. The first-order valence-corrected chi connectivity index (χ1v) is 10.1. The van der Waals surface area contributed by atoms with Gasteiger partial charge in [0.2, 0.25) is 10.0 Å². The Balaban J connectivity index is 1.63. The number of hydrogen-bond acceptors (Lipinski definition) is 3. The summed E-state index contributed by atoms with van der Waals surface area (Å²) in [5, 5.41) is 2.75. The summed E-state index contributed by atoms with van der Waals surface area (Å²) in [7, 11) is -3.60. The summed E-state index contributed by atoms with van der Waals surface area (Å²) >= 11 is 0. The SMILES string of the molecule is Cc1ccc(C)c(S(=O)(=O)NCC#Cc2ccc(N3CCNC3=O)cc2)c1. The zero-order valence-corrected chi connectivity index (χ0v) is 16.1. The molecule has 0 radical (unpaired) electrons. The van der Waals surface area contributed by atoms with Crippen molar-refractivity contribution in [2.45, 2.75) is 18.7 Å². The van der Waals surface area contributed by atoms with Crippen molar-refractivity contribution in [3.63, 3.8) is 0 Å². The van der Waals surface area contributed by atoms with Crippen LogP contribution in [0.2, 0.25) is 0 Å². The van der Waals surface area contributed by atoms with Gasteiger partial charge >= 0.3 is 6.03 Å². The number of benzene rings is 2. The van der Waals surface area contributed by atoms with Crippen molar-refractivity contribution < 1.29 is 13.2 Å². The number of nitrogens with zero attached hydrogens (tertiary/aromatic N) is 1. The summed E-state index contributed by atoms with van der Waals surface area (Å²) in [5.74, 6) is 5.75. The highest BCUT2D eigenvalue weighted by molar-refractivity contribution is 7.89. The van der Waals surface area contributed by atoms with Gasteiger partial charge in [-0.15, -0.1) is 0 Å². The summed E-state index contributed by atoms with van der Waals surface area (Å²) in [6.45, 7) is 4.92. The molecule has 2 aromatic carbocycles. The van der Waals surface area contributed by atoms with E-state index in [1.54, 1.807) is 24.0 Å². The average molecular weight is 383 g/mol. The summed E-state index contributed by atoms with van der Waals surface area (Å²) < 4.78 is 27.3. The second kappa shape index (κ2) is 7.82. The number of carbonyl (C=O) groups is 1. The minimum atomic E-state index is -3.60. The van der Waals surface area contributed by atoms with E-state index in [4.69, 9.17) is 0 Å². The van der Waals surface area contributed by atoms with E-state index < -0.39 is 10.0 Å². The maximum atomic E-state index is 12.4. The fourth-order valence-electron chi connectivity index (χ4n) is 2.79. The summed E-state index contributed by atoms with van der Waals surface area (Å²) in [6, 6.07) is 12.5. The molecule has 0 saturated carbocycles. The van der Waals surface area contributed by atoms with Crippen LogP contribution in [0.1, 0.15) is 16.7 Å². The summed E-state index contributed by atoms with van der Waals surface area (Å²) in [5.41, 5.74) is 3.15. The van der Waals surface area contributed by atoms with Gasteiger partial charge in [-0.25, -0.2) is 13.2 Å². The maximum Gasteiger partial charge on any atom is 0.321 e. The molecular weight excluding hydrogens is 362 g/mol. The third kappa shape index (κ3) is 4.48. The number of amides is 2. The zero-order valence-electron chi connectivity index (χ0n) is 15.2. The Kier molecular flexibility index (Phi) is 5.49. The topological polar surface area (TPSA) is 78.5 Å². The first-order valence-electron chi connectivity index (χ1n) is 8.58. The lowest BCUT2D eigenvalue weighted by atomic mass is 10.2. The number of carbonyl (C=O) groups excluding carboxylic acids is 1. The Bertz CT molecular complexity index is 1020. The highest BCUT2D eigenvalue weighted by Crippen LogP contribution is 2.17. The molecule has 1 fully saturated rings. The molecule has 0 spiro atoms. The molecular formula is C20H21N3O3S. The molecule has 0 aromatic heterocycles. The van der Waals surface area contributed by atoms with Crippen molar-refractivity contribution in [1.82, 2.24) is 10.0 Å². The third-order valence-electron chi connectivity index (χ3n) is 4.25. The van der Waals surface area contributed by atoms with Gasteiger partial charge in [0.15, 0.2) is 0 Å². The molecule has 0 bridgehead atoms. The molecule has 7 heteroatoms. The van der Waals surface area contributed by atoms with Crippen molar-refractivity contribution in [3.05, 3.63) is 59.2 Å². The Labute approximate surface area is 159 Å². The van der Waals surface area contributed by atoms with Crippen LogP contribution >= 0.6 is 0 Å². The van der Waals surface area contributed by atoms with Crippen LogP contribution in [0.3, 0.4) is 0 Å². The Hall–Kier alpha value is -2.82. The highest BCUT2D eigenvalue weighted by Gasteiger charge is 2.20. The fraction of sp³-hybridized carbons (Fsp3) is 0.250. The van der Waals surface area contributed by atoms with E-state index in [1.165, 1.54) is 0 Å². The van der Waals surface area contributed by atoms with Gasteiger partial charge in [-0.1, -0.05) is 24.0 Å². The van der Waals surface area contributed by atoms with E-state index in [-0.39, 0.29) is 17.5 Å². The molecule has 0 aliphatic carbocycles. The lowest BCUT2D eigenvalue weighted by Gasteiger charge is -2.13. The smallest absolute Gasteiger partial charge is 0.321 e. The second-order valence-corrected chi connectivity index (χ2v) is 8.06. The van der Waals surface area contributed by atoms with E-state index in [2.05, 4.69) is 21.9 Å². The van der Waals surface area contributed by atoms with Crippen molar-refractivity contribution >= 4 is 21.7 Å². The van der Waals surface area contributed by atoms with Gasteiger partial charge in [0.25, 0.3) is 0 Å². The van der Waals surface area contributed by atoms with Gasteiger partial charge in [0, 0.05) is 24.3 Å². The Morgan fingerprint density at radius 1 is 1.15 bits per heavy atom. The predicted molar refractivity (Wildman–Crippen MR) is 105 cm³/mol. The number of sulfonamides is 1. The molecule has 0 atom stereocenters. The predicted octanol–water partition coefficient (Wildman–Crippen LogP) is 2.16. The first-order chi connectivity index (χ1) is 12.9. The molecule has 1 aliphatic rings. The van der Waals surface area contributed by atoms with Crippen LogP contribution in [0, 0.1) is 25.7 Å². The van der Waals surface area contributed by atoms with Gasteiger partial charge in [-0.05, 0) is 55.3 Å². The van der Waals surface area contributed by atoms with Crippen molar-refractivity contribution in [2.75, 3.05) is 24.5 Å². The van der Waals surface area contributed by atoms with E-state index in [1.807, 2.05) is 37.3 Å². The fourth-order valence-corrected chi connectivity index (χ4v) is 4.05. The van der Waals surface area contributed by atoms with Gasteiger partial charge in [0.05, 0.1) is 11.4 Å². The van der Waals surface area contributed by atoms with Crippen LogP contribution in [0.15, 0.2) is 47.4 Å². The number of hydrogen-bond donors (Lipinski definition) is 2. The van der Waals surface area contributed by atoms with Crippen LogP contribution in [-0.4, -0.2) is 34.1 Å². The Morgan fingerprint density at radius 2 is 1.89 bits per heavy atom. The van der Waals surface area contributed by atoms with Crippen molar-refractivity contribution in [3.8, 4) is 11.8 Å². The van der Waals surface area contributed by atoms with E-state index in [0.29, 0.717) is 18.7 Å². The van der Waals surface area contributed by atoms with Crippen LogP contribution < -0.4 is 14.9 Å². The lowest BCUT2D eigenvalue weighted by molar-refractivity contribution is 0.252. The molecule has 140 valence electrons.